The van der Waals surface area contributed by atoms with Gasteiger partial charge >= 0.3 is 12.2 Å². The van der Waals surface area contributed by atoms with Gasteiger partial charge in [0.1, 0.15) is 23.4 Å². The van der Waals surface area contributed by atoms with Gasteiger partial charge < -0.3 is 14.5 Å². The van der Waals surface area contributed by atoms with Gasteiger partial charge in [0.05, 0.1) is 18.2 Å². The third-order valence-electron chi connectivity index (χ3n) is 5.46. The summed E-state index contributed by atoms with van der Waals surface area (Å²) in [5, 5.41) is 9.91. The number of methoxy groups -OCH3 is 1. The number of aromatic amines is 1. The number of nitriles is 1. The van der Waals surface area contributed by atoms with E-state index in [0.717, 1.165) is 6.07 Å². The lowest BCUT2D eigenvalue weighted by Crippen LogP contribution is -2.18. The van der Waals surface area contributed by atoms with Crippen LogP contribution >= 0.6 is 11.8 Å². The molecule has 4 aromatic rings. The molecule has 0 aliphatic carbocycles. The summed E-state index contributed by atoms with van der Waals surface area (Å²) in [5.41, 5.74) is 0.700. The Morgan fingerprint density at radius 3 is 2.49 bits per heavy atom. The minimum Gasteiger partial charge on any atom is -0.467 e. The van der Waals surface area contributed by atoms with Crippen molar-refractivity contribution in [2.45, 2.75) is 30.4 Å². The number of thioether (sulfide) groups is 1. The number of benzene rings is 2. The third kappa shape index (κ3) is 6.71. The lowest BCUT2D eigenvalue weighted by Gasteiger charge is -2.12. The molecule has 0 fully saturated rings. The summed E-state index contributed by atoms with van der Waals surface area (Å²) in [4.78, 5) is 28.0. The maximum atomic E-state index is 13.6. The summed E-state index contributed by atoms with van der Waals surface area (Å²) in [5.74, 6) is -1.34. The summed E-state index contributed by atoms with van der Waals surface area (Å²) >= 11 is 1.23. The number of hydrogen-bond donors (Lipinski definition) is 1. The zero-order valence-electron chi connectivity index (χ0n) is 20.5. The fourth-order valence-electron chi connectivity index (χ4n) is 3.51. The quantitative estimate of drug-likeness (QED) is 0.170. The Labute approximate surface area is 223 Å². The van der Waals surface area contributed by atoms with E-state index in [1.807, 2.05) is 6.07 Å². The first-order chi connectivity index (χ1) is 18.6. The zero-order valence-corrected chi connectivity index (χ0v) is 21.3. The molecule has 13 heteroatoms. The number of nitrogens with zero attached hydrogens (tertiary/aromatic N) is 4. The van der Waals surface area contributed by atoms with E-state index in [1.54, 1.807) is 25.4 Å². The molecule has 2 heterocycles. The van der Waals surface area contributed by atoms with Crippen LogP contribution in [-0.2, 0) is 18.3 Å². The van der Waals surface area contributed by atoms with Crippen molar-refractivity contribution < 1.29 is 27.0 Å². The molecule has 0 aliphatic heterocycles. The highest BCUT2D eigenvalue weighted by Gasteiger charge is 2.34. The molecule has 1 N–H and O–H groups in total. The van der Waals surface area contributed by atoms with Crippen molar-refractivity contribution in [1.82, 2.24) is 19.9 Å². The average molecular weight is 558 g/mol. The molecule has 0 spiro atoms. The van der Waals surface area contributed by atoms with Gasteiger partial charge in [-0.3, -0.25) is 4.79 Å². The van der Waals surface area contributed by atoms with Crippen molar-refractivity contribution >= 4 is 11.8 Å². The number of rotatable bonds is 8. The van der Waals surface area contributed by atoms with Gasteiger partial charge in [-0.2, -0.15) is 18.4 Å². The minimum atomic E-state index is -4.89. The van der Waals surface area contributed by atoms with Crippen LogP contribution in [0.1, 0.15) is 33.5 Å². The normalized spacial score (nSPS) is 11.2. The summed E-state index contributed by atoms with van der Waals surface area (Å²) in [6.07, 6.45) is -1.47. The van der Waals surface area contributed by atoms with Crippen molar-refractivity contribution in [1.29, 1.82) is 5.26 Å². The molecular weight excluding hydrogens is 538 g/mol. The van der Waals surface area contributed by atoms with Crippen LogP contribution in [0.4, 0.5) is 17.6 Å². The predicted octanol–water partition coefficient (Wildman–Crippen LogP) is 5.58. The Hall–Kier alpha value is -4.44. The number of ether oxygens (including phenoxy) is 2. The maximum Gasteiger partial charge on any atom is 0.419 e. The van der Waals surface area contributed by atoms with Crippen LogP contribution in [0.15, 0.2) is 58.7 Å². The van der Waals surface area contributed by atoms with Gasteiger partial charge in [0.2, 0.25) is 0 Å². The van der Waals surface area contributed by atoms with Gasteiger partial charge in [-0.05, 0) is 48.4 Å². The molecule has 0 unspecified atom stereocenters. The lowest BCUT2D eigenvalue weighted by atomic mass is 10.1. The van der Waals surface area contributed by atoms with Crippen LogP contribution in [0.5, 0.6) is 17.5 Å². The molecule has 0 radical (unpaired) electrons. The summed E-state index contributed by atoms with van der Waals surface area (Å²) in [6.45, 7) is 1.72. The van der Waals surface area contributed by atoms with Crippen LogP contribution < -0.4 is 15.0 Å². The smallest absolute Gasteiger partial charge is 0.419 e. The Balaban J connectivity index is 1.46. The van der Waals surface area contributed by atoms with E-state index in [1.165, 1.54) is 31.0 Å². The minimum absolute atomic E-state index is 0.0141. The van der Waals surface area contributed by atoms with Crippen LogP contribution in [0.25, 0.3) is 0 Å². The molecule has 39 heavy (non-hydrogen) atoms. The molecular formula is C26H19F4N5O3S. The van der Waals surface area contributed by atoms with Crippen molar-refractivity contribution in [2.24, 2.45) is 0 Å². The Kier molecular flexibility index (Phi) is 8.15. The standard InChI is InChI=1S/C26H19F4N5O3S/c1-14-19(8-16-11-32-24(37-2)33-12-16)23(36)35-25(34-14)39-13-15-3-6-22(17(7-15)10-31)38-18-4-5-21(27)20(9-18)26(28,29)30/h3-7,9,11-12H,8,13H2,1-2H3,(H,34,35,36). The molecule has 200 valence electrons. The highest BCUT2D eigenvalue weighted by molar-refractivity contribution is 7.98. The van der Waals surface area contributed by atoms with Gasteiger partial charge in [-0.25, -0.2) is 19.3 Å². The first-order valence-corrected chi connectivity index (χ1v) is 12.2. The Morgan fingerprint density at radius 1 is 1.10 bits per heavy atom. The summed E-state index contributed by atoms with van der Waals surface area (Å²) in [7, 11) is 1.46. The largest absolute Gasteiger partial charge is 0.467 e. The first kappa shape index (κ1) is 27.6. The van der Waals surface area contributed by atoms with Gasteiger partial charge in [0.25, 0.3) is 5.56 Å². The zero-order chi connectivity index (χ0) is 28.2. The van der Waals surface area contributed by atoms with Crippen LogP contribution in [0.2, 0.25) is 0 Å². The van der Waals surface area contributed by atoms with Crippen LogP contribution in [-0.4, -0.2) is 27.0 Å². The van der Waals surface area contributed by atoms with Gasteiger partial charge in [0.15, 0.2) is 5.16 Å². The molecule has 0 amide bonds. The molecule has 0 atom stereocenters. The second-order valence-electron chi connectivity index (χ2n) is 8.16. The fourth-order valence-corrected chi connectivity index (χ4v) is 4.36. The first-order valence-electron chi connectivity index (χ1n) is 11.2. The summed E-state index contributed by atoms with van der Waals surface area (Å²) in [6, 6.07) is 8.98. The number of halogens is 4. The van der Waals surface area contributed by atoms with Gasteiger partial charge in [-0.1, -0.05) is 17.8 Å². The Morgan fingerprint density at radius 2 is 1.85 bits per heavy atom. The molecule has 0 aliphatic rings. The molecule has 2 aromatic carbocycles. The number of hydrogen-bond acceptors (Lipinski definition) is 8. The van der Waals surface area contributed by atoms with Crippen molar-refractivity contribution in [3.05, 3.63) is 98.5 Å². The highest BCUT2D eigenvalue weighted by Crippen LogP contribution is 2.35. The fraction of sp³-hybridized carbons (Fsp3) is 0.192. The highest BCUT2D eigenvalue weighted by atomic mass is 32.2. The second kappa shape index (κ2) is 11.5. The average Bonchev–Trinajstić information content (AvgIpc) is 2.91. The Bertz CT molecular complexity index is 1600. The predicted molar refractivity (Wildman–Crippen MR) is 133 cm³/mol. The molecule has 2 aromatic heterocycles. The number of aromatic nitrogens is 4. The summed E-state index contributed by atoms with van der Waals surface area (Å²) < 4.78 is 62.9. The van der Waals surface area contributed by atoms with Crippen molar-refractivity contribution in [3.63, 3.8) is 0 Å². The number of H-pyrrole nitrogens is 1. The molecule has 0 bridgehead atoms. The SMILES string of the molecule is COc1ncc(Cc2c(C)nc(SCc3ccc(Oc4ccc(F)c(C(F)(F)F)c4)c(C#N)c3)[nH]c2=O)cn1. The monoisotopic (exact) mass is 557 g/mol. The van der Waals surface area contributed by atoms with Crippen LogP contribution in [0, 0.1) is 24.1 Å². The van der Waals surface area contributed by atoms with E-state index in [-0.39, 0.29) is 35.1 Å². The molecule has 8 nitrogen and oxygen atoms in total. The van der Waals surface area contributed by atoms with Crippen molar-refractivity contribution in [3.8, 4) is 23.6 Å². The molecule has 4 rings (SSSR count). The van der Waals surface area contributed by atoms with E-state index < -0.39 is 17.6 Å². The third-order valence-corrected chi connectivity index (χ3v) is 6.40. The van der Waals surface area contributed by atoms with Crippen molar-refractivity contribution in [2.75, 3.05) is 7.11 Å². The number of nitrogens with one attached hydrogen (secondary N) is 1. The van der Waals surface area contributed by atoms with Crippen LogP contribution in [0.3, 0.4) is 0 Å². The topological polar surface area (TPSA) is 114 Å². The maximum absolute atomic E-state index is 13.6. The van der Waals surface area contributed by atoms with E-state index in [0.29, 0.717) is 45.4 Å². The van der Waals surface area contributed by atoms with E-state index in [2.05, 4.69) is 19.9 Å². The van der Waals surface area contributed by atoms with E-state index >= 15 is 0 Å². The molecule has 0 saturated carbocycles. The van der Waals surface area contributed by atoms with E-state index in [4.69, 9.17) is 9.47 Å². The van der Waals surface area contributed by atoms with Gasteiger partial charge in [0, 0.05) is 35.8 Å². The number of aryl methyl sites for hydroxylation is 1. The molecule has 0 saturated heterocycles. The number of alkyl halides is 3. The van der Waals surface area contributed by atoms with E-state index in [9.17, 15) is 27.6 Å². The van der Waals surface area contributed by atoms with Gasteiger partial charge in [-0.15, -0.1) is 0 Å². The second-order valence-corrected chi connectivity index (χ2v) is 9.13. The lowest BCUT2D eigenvalue weighted by molar-refractivity contribution is -0.140.